The van der Waals surface area contributed by atoms with Crippen LogP contribution in [0.25, 0.3) is 0 Å². The SMILES string of the molecule is CCOC(=O)c1c(NC(=O)COC(=O)C(C)Oc2ccccc2)sc2c1CCCC2. The summed E-state index contributed by atoms with van der Waals surface area (Å²) in [6, 6.07) is 8.89. The number of carbonyl (C=O) groups is 3. The summed E-state index contributed by atoms with van der Waals surface area (Å²) in [5.74, 6) is -1.06. The van der Waals surface area contributed by atoms with Crippen molar-refractivity contribution in [1.29, 1.82) is 0 Å². The predicted molar refractivity (Wildman–Crippen MR) is 113 cm³/mol. The number of anilines is 1. The minimum Gasteiger partial charge on any atom is -0.479 e. The number of nitrogens with one attached hydrogen (secondary N) is 1. The van der Waals surface area contributed by atoms with Gasteiger partial charge in [-0.3, -0.25) is 4.79 Å². The van der Waals surface area contributed by atoms with Crippen LogP contribution in [-0.4, -0.2) is 37.2 Å². The minimum absolute atomic E-state index is 0.258. The summed E-state index contributed by atoms with van der Waals surface area (Å²) >= 11 is 1.39. The Morgan fingerprint density at radius 2 is 1.83 bits per heavy atom. The number of aryl methyl sites for hydroxylation is 1. The zero-order valence-corrected chi connectivity index (χ0v) is 17.9. The lowest BCUT2D eigenvalue weighted by atomic mass is 9.95. The molecule has 2 aromatic rings. The Bertz CT molecular complexity index is 908. The van der Waals surface area contributed by atoms with Gasteiger partial charge in [-0.25, -0.2) is 9.59 Å². The fourth-order valence-electron chi connectivity index (χ4n) is 3.24. The zero-order valence-electron chi connectivity index (χ0n) is 17.1. The highest BCUT2D eigenvalue weighted by atomic mass is 32.1. The van der Waals surface area contributed by atoms with Crippen LogP contribution < -0.4 is 10.1 Å². The fraction of sp³-hybridized carbons (Fsp3) is 0.409. The van der Waals surface area contributed by atoms with Gasteiger partial charge in [0.1, 0.15) is 10.8 Å². The van der Waals surface area contributed by atoms with Crippen LogP contribution in [0.2, 0.25) is 0 Å². The number of amides is 1. The molecule has 1 aliphatic rings. The van der Waals surface area contributed by atoms with Gasteiger partial charge in [0.05, 0.1) is 12.2 Å². The first-order valence-electron chi connectivity index (χ1n) is 9.99. The lowest BCUT2D eigenvalue weighted by molar-refractivity contribution is -0.153. The monoisotopic (exact) mass is 431 g/mol. The molecule has 160 valence electrons. The zero-order chi connectivity index (χ0) is 21.5. The third kappa shape index (κ3) is 5.38. The number of para-hydroxylation sites is 1. The van der Waals surface area contributed by atoms with Gasteiger partial charge < -0.3 is 19.5 Å². The molecule has 0 aliphatic heterocycles. The van der Waals surface area contributed by atoms with E-state index in [9.17, 15) is 14.4 Å². The summed E-state index contributed by atoms with van der Waals surface area (Å²) in [7, 11) is 0. The summed E-state index contributed by atoms with van der Waals surface area (Å²) in [4.78, 5) is 38.0. The molecule has 0 bridgehead atoms. The number of rotatable bonds is 8. The molecule has 0 saturated carbocycles. The van der Waals surface area contributed by atoms with Crippen LogP contribution in [0.1, 0.15) is 47.5 Å². The highest BCUT2D eigenvalue weighted by molar-refractivity contribution is 7.17. The Morgan fingerprint density at radius 3 is 2.57 bits per heavy atom. The second-order valence-electron chi connectivity index (χ2n) is 6.86. The second kappa shape index (κ2) is 10.2. The average molecular weight is 432 g/mol. The Morgan fingerprint density at radius 1 is 1.10 bits per heavy atom. The van der Waals surface area contributed by atoms with Gasteiger partial charge >= 0.3 is 11.9 Å². The number of ether oxygens (including phenoxy) is 3. The van der Waals surface area contributed by atoms with E-state index in [2.05, 4.69) is 5.32 Å². The van der Waals surface area contributed by atoms with Crippen molar-refractivity contribution in [2.75, 3.05) is 18.5 Å². The van der Waals surface area contributed by atoms with E-state index in [1.807, 2.05) is 6.07 Å². The summed E-state index contributed by atoms with van der Waals surface area (Å²) in [5, 5.41) is 3.17. The third-order valence-electron chi connectivity index (χ3n) is 4.64. The van der Waals surface area contributed by atoms with Gasteiger partial charge in [0.25, 0.3) is 5.91 Å². The van der Waals surface area contributed by atoms with Crippen molar-refractivity contribution in [2.24, 2.45) is 0 Å². The van der Waals surface area contributed by atoms with Crippen LogP contribution in [0.5, 0.6) is 5.75 Å². The largest absolute Gasteiger partial charge is 0.479 e. The molecule has 0 fully saturated rings. The molecular weight excluding hydrogens is 406 g/mol. The maximum Gasteiger partial charge on any atom is 0.347 e. The first kappa shape index (κ1) is 21.8. The Balaban J connectivity index is 1.60. The van der Waals surface area contributed by atoms with Crippen molar-refractivity contribution in [3.63, 3.8) is 0 Å². The lowest BCUT2D eigenvalue weighted by Crippen LogP contribution is -2.29. The topological polar surface area (TPSA) is 90.9 Å². The van der Waals surface area contributed by atoms with E-state index < -0.39 is 30.6 Å². The van der Waals surface area contributed by atoms with Crippen molar-refractivity contribution >= 4 is 34.2 Å². The summed E-state index contributed by atoms with van der Waals surface area (Å²) in [6.45, 7) is 3.09. The van der Waals surface area contributed by atoms with Crippen molar-refractivity contribution in [3.05, 3.63) is 46.3 Å². The highest BCUT2D eigenvalue weighted by Crippen LogP contribution is 2.38. The number of hydrogen-bond donors (Lipinski definition) is 1. The molecule has 1 aliphatic carbocycles. The molecule has 0 saturated heterocycles. The van der Waals surface area contributed by atoms with E-state index in [1.54, 1.807) is 38.1 Å². The standard InChI is InChI=1S/C22H25NO6S/c1-3-27-22(26)19-16-11-7-8-12-17(16)30-20(19)23-18(24)13-28-21(25)14(2)29-15-9-5-4-6-10-15/h4-6,9-10,14H,3,7-8,11-13H2,1-2H3,(H,23,24). The summed E-state index contributed by atoms with van der Waals surface area (Å²) < 4.78 is 15.7. The molecule has 1 amide bonds. The van der Waals surface area contributed by atoms with Crippen molar-refractivity contribution < 1.29 is 28.6 Å². The number of thiophene rings is 1. The van der Waals surface area contributed by atoms with Crippen LogP contribution in [0.4, 0.5) is 5.00 Å². The van der Waals surface area contributed by atoms with Gasteiger partial charge in [0.15, 0.2) is 12.7 Å². The summed E-state index contributed by atoms with van der Waals surface area (Å²) in [5.41, 5.74) is 1.39. The lowest BCUT2D eigenvalue weighted by Gasteiger charge is -2.14. The normalized spacial score (nSPS) is 13.7. The highest BCUT2D eigenvalue weighted by Gasteiger charge is 2.27. The number of fused-ring (bicyclic) bond motifs is 1. The molecule has 1 N–H and O–H groups in total. The van der Waals surface area contributed by atoms with Crippen molar-refractivity contribution in [2.45, 2.75) is 45.6 Å². The van der Waals surface area contributed by atoms with Crippen molar-refractivity contribution in [3.8, 4) is 5.75 Å². The Hall–Kier alpha value is -2.87. The van der Waals surface area contributed by atoms with Crippen LogP contribution in [-0.2, 0) is 31.9 Å². The number of esters is 2. The van der Waals surface area contributed by atoms with Gasteiger partial charge in [-0.1, -0.05) is 18.2 Å². The molecule has 8 heteroatoms. The molecular formula is C22H25NO6S. The third-order valence-corrected chi connectivity index (χ3v) is 5.84. The molecule has 3 rings (SSSR count). The maximum absolute atomic E-state index is 12.4. The smallest absolute Gasteiger partial charge is 0.347 e. The first-order valence-corrected chi connectivity index (χ1v) is 10.8. The van der Waals surface area contributed by atoms with Gasteiger partial charge in [0.2, 0.25) is 0 Å². The fourth-order valence-corrected chi connectivity index (χ4v) is 4.53. The van der Waals surface area contributed by atoms with Gasteiger partial charge in [0, 0.05) is 4.88 Å². The van der Waals surface area contributed by atoms with Gasteiger partial charge in [-0.05, 0) is 57.2 Å². The predicted octanol–water partition coefficient (Wildman–Crippen LogP) is 3.75. The van der Waals surface area contributed by atoms with E-state index >= 15 is 0 Å². The second-order valence-corrected chi connectivity index (χ2v) is 7.97. The molecule has 1 heterocycles. The van der Waals surface area contributed by atoms with Crippen LogP contribution in [0.15, 0.2) is 30.3 Å². The average Bonchev–Trinajstić information content (AvgIpc) is 3.10. The molecule has 0 spiro atoms. The van der Waals surface area contributed by atoms with Crippen LogP contribution in [0.3, 0.4) is 0 Å². The van der Waals surface area contributed by atoms with Crippen molar-refractivity contribution in [1.82, 2.24) is 0 Å². The van der Waals surface area contributed by atoms with Gasteiger partial charge in [-0.15, -0.1) is 11.3 Å². The van der Waals surface area contributed by atoms with Crippen LogP contribution in [0, 0.1) is 0 Å². The van der Waals surface area contributed by atoms with E-state index in [-0.39, 0.29) is 6.61 Å². The quantitative estimate of drug-likeness (QED) is 0.640. The molecule has 1 unspecified atom stereocenters. The van der Waals surface area contributed by atoms with E-state index in [1.165, 1.54) is 11.3 Å². The van der Waals surface area contributed by atoms with Crippen LogP contribution >= 0.6 is 11.3 Å². The van der Waals surface area contributed by atoms with E-state index in [0.29, 0.717) is 16.3 Å². The first-order chi connectivity index (χ1) is 14.5. The molecule has 7 nitrogen and oxygen atoms in total. The number of carbonyl (C=O) groups excluding carboxylic acids is 3. The molecule has 30 heavy (non-hydrogen) atoms. The number of benzene rings is 1. The Kier molecular flexibility index (Phi) is 7.46. The molecule has 1 aromatic heterocycles. The molecule has 1 atom stereocenters. The summed E-state index contributed by atoms with van der Waals surface area (Å²) in [6.07, 6.45) is 2.87. The molecule has 1 aromatic carbocycles. The Labute approximate surface area is 179 Å². The van der Waals surface area contributed by atoms with E-state index in [0.717, 1.165) is 36.1 Å². The minimum atomic E-state index is -0.857. The molecule has 0 radical (unpaired) electrons. The maximum atomic E-state index is 12.4. The van der Waals surface area contributed by atoms with E-state index in [4.69, 9.17) is 14.2 Å². The number of hydrogen-bond acceptors (Lipinski definition) is 7. The van der Waals surface area contributed by atoms with Gasteiger partial charge in [-0.2, -0.15) is 0 Å².